The maximum absolute atomic E-state index is 8.84. The maximum atomic E-state index is 8.84. The van der Waals surface area contributed by atoms with Crippen LogP contribution in [-0.4, -0.2) is 29.5 Å². The lowest BCUT2D eigenvalue weighted by molar-refractivity contribution is 0.170. The summed E-state index contributed by atoms with van der Waals surface area (Å²) in [6.45, 7) is 2.65. The van der Waals surface area contributed by atoms with Crippen molar-refractivity contribution in [3.63, 3.8) is 0 Å². The Kier molecular flexibility index (Phi) is 5.05. The van der Waals surface area contributed by atoms with Gasteiger partial charge in [0.15, 0.2) is 0 Å². The van der Waals surface area contributed by atoms with Crippen LogP contribution in [0.2, 0.25) is 0 Å². The van der Waals surface area contributed by atoms with Gasteiger partial charge in [-0.2, -0.15) is 0 Å². The van der Waals surface area contributed by atoms with Crippen LogP contribution in [0.4, 0.5) is 0 Å². The van der Waals surface area contributed by atoms with E-state index in [2.05, 4.69) is 27.3 Å². The zero-order chi connectivity index (χ0) is 10.6. The first-order valence-electron chi connectivity index (χ1n) is 4.37. The third kappa shape index (κ3) is 3.33. The number of aryl methyl sites for hydroxylation is 1. The summed E-state index contributed by atoms with van der Waals surface area (Å²) >= 11 is 5.12. The van der Waals surface area contributed by atoms with Crippen LogP contribution in [0.3, 0.4) is 0 Å². The van der Waals surface area contributed by atoms with Crippen LogP contribution in [0.25, 0.3) is 0 Å². The SMILES string of the molecule is Cc1cc(CNC(CO)CO)sc1Br. The Balaban J connectivity index is 2.45. The van der Waals surface area contributed by atoms with E-state index >= 15 is 0 Å². The standard InChI is InChI=1S/C9H14BrNO2S/c1-6-2-8(14-9(6)10)3-11-7(4-12)5-13/h2,7,11-13H,3-5H2,1H3. The highest BCUT2D eigenvalue weighted by molar-refractivity contribution is 9.11. The molecule has 0 amide bonds. The Morgan fingerprint density at radius 1 is 1.50 bits per heavy atom. The van der Waals surface area contributed by atoms with Crippen molar-refractivity contribution in [1.29, 1.82) is 0 Å². The van der Waals surface area contributed by atoms with Crippen LogP contribution in [-0.2, 0) is 6.54 Å². The molecule has 0 saturated carbocycles. The van der Waals surface area contributed by atoms with Crippen LogP contribution in [0.1, 0.15) is 10.4 Å². The zero-order valence-electron chi connectivity index (χ0n) is 7.96. The number of hydrogen-bond donors (Lipinski definition) is 3. The van der Waals surface area contributed by atoms with Crippen LogP contribution in [0, 0.1) is 6.92 Å². The second-order valence-electron chi connectivity index (χ2n) is 3.11. The second-order valence-corrected chi connectivity index (χ2v) is 5.57. The molecule has 1 aromatic heterocycles. The largest absolute Gasteiger partial charge is 0.395 e. The number of hydrogen-bond acceptors (Lipinski definition) is 4. The van der Waals surface area contributed by atoms with Gasteiger partial charge >= 0.3 is 0 Å². The van der Waals surface area contributed by atoms with E-state index < -0.39 is 0 Å². The number of rotatable bonds is 5. The zero-order valence-corrected chi connectivity index (χ0v) is 10.4. The Morgan fingerprint density at radius 3 is 2.57 bits per heavy atom. The average molecular weight is 280 g/mol. The smallest absolute Gasteiger partial charge is 0.0730 e. The fourth-order valence-electron chi connectivity index (χ4n) is 1.04. The van der Waals surface area contributed by atoms with Crippen molar-refractivity contribution in [2.75, 3.05) is 13.2 Å². The molecule has 14 heavy (non-hydrogen) atoms. The van der Waals surface area contributed by atoms with Gasteiger partial charge in [-0.25, -0.2) is 0 Å². The Bertz CT molecular complexity index is 267. The molecule has 0 fully saturated rings. The van der Waals surface area contributed by atoms with Gasteiger partial charge in [0.1, 0.15) is 0 Å². The Morgan fingerprint density at radius 2 is 2.14 bits per heavy atom. The molecule has 0 spiro atoms. The van der Waals surface area contributed by atoms with E-state index in [1.165, 1.54) is 10.4 Å². The predicted molar refractivity (Wildman–Crippen MR) is 61.6 cm³/mol. The number of halogens is 1. The van der Waals surface area contributed by atoms with Crippen LogP contribution in [0.15, 0.2) is 9.85 Å². The van der Waals surface area contributed by atoms with Gasteiger partial charge < -0.3 is 15.5 Å². The summed E-state index contributed by atoms with van der Waals surface area (Å²) in [5, 5.41) is 20.7. The molecular formula is C9H14BrNO2S. The molecule has 0 saturated heterocycles. The first-order chi connectivity index (χ1) is 6.67. The van der Waals surface area contributed by atoms with Gasteiger partial charge in [-0.3, -0.25) is 0 Å². The van der Waals surface area contributed by atoms with Gasteiger partial charge in [0.05, 0.1) is 23.0 Å². The summed E-state index contributed by atoms with van der Waals surface area (Å²) in [6, 6.07) is 1.87. The Hall–Kier alpha value is 0.0600. The van der Waals surface area contributed by atoms with E-state index in [9.17, 15) is 0 Å². The molecule has 0 atom stereocenters. The summed E-state index contributed by atoms with van der Waals surface area (Å²) < 4.78 is 1.14. The van der Waals surface area contributed by atoms with Gasteiger partial charge in [0, 0.05) is 11.4 Å². The van der Waals surface area contributed by atoms with Crippen molar-refractivity contribution < 1.29 is 10.2 Å². The highest BCUT2D eigenvalue weighted by Crippen LogP contribution is 2.27. The molecule has 0 aliphatic carbocycles. The number of nitrogens with one attached hydrogen (secondary N) is 1. The van der Waals surface area contributed by atoms with Crippen molar-refractivity contribution >= 4 is 27.3 Å². The lowest BCUT2D eigenvalue weighted by Gasteiger charge is -2.11. The van der Waals surface area contributed by atoms with Gasteiger partial charge in [0.2, 0.25) is 0 Å². The van der Waals surface area contributed by atoms with Crippen molar-refractivity contribution in [2.45, 2.75) is 19.5 Å². The van der Waals surface area contributed by atoms with Gasteiger partial charge in [-0.05, 0) is 34.5 Å². The molecule has 1 rings (SSSR count). The van der Waals surface area contributed by atoms with Gasteiger partial charge in [-0.15, -0.1) is 11.3 Å². The molecule has 0 aliphatic rings. The molecule has 0 aromatic carbocycles. The lowest BCUT2D eigenvalue weighted by atomic mass is 10.3. The average Bonchev–Trinajstić information content (AvgIpc) is 2.48. The summed E-state index contributed by atoms with van der Waals surface area (Å²) in [4.78, 5) is 1.20. The molecule has 0 unspecified atom stereocenters. The quantitative estimate of drug-likeness (QED) is 0.761. The Labute approximate surface area is 95.9 Å². The van der Waals surface area contributed by atoms with Crippen molar-refractivity contribution in [3.8, 4) is 0 Å². The lowest BCUT2D eigenvalue weighted by Crippen LogP contribution is -2.34. The molecule has 0 aliphatic heterocycles. The molecule has 80 valence electrons. The normalized spacial score (nSPS) is 11.2. The number of aliphatic hydroxyl groups is 2. The molecule has 1 aromatic rings. The molecule has 0 bridgehead atoms. The first-order valence-corrected chi connectivity index (χ1v) is 5.98. The van der Waals surface area contributed by atoms with Crippen molar-refractivity contribution in [1.82, 2.24) is 5.32 Å². The summed E-state index contributed by atoms with van der Waals surface area (Å²) in [7, 11) is 0. The molecule has 5 heteroatoms. The molecule has 0 radical (unpaired) electrons. The van der Waals surface area contributed by atoms with Crippen LogP contribution in [0.5, 0.6) is 0 Å². The fraction of sp³-hybridized carbons (Fsp3) is 0.556. The monoisotopic (exact) mass is 279 g/mol. The van der Waals surface area contributed by atoms with E-state index in [4.69, 9.17) is 10.2 Å². The summed E-state index contributed by atoms with van der Waals surface area (Å²) in [6.07, 6.45) is 0. The minimum absolute atomic E-state index is 0.0397. The highest BCUT2D eigenvalue weighted by atomic mass is 79.9. The molecule has 3 N–H and O–H groups in total. The van der Waals surface area contributed by atoms with E-state index in [0.717, 1.165) is 3.79 Å². The molecule has 1 heterocycles. The van der Waals surface area contributed by atoms with E-state index in [-0.39, 0.29) is 19.3 Å². The predicted octanol–water partition coefficient (Wildman–Crippen LogP) is 1.26. The minimum atomic E-state index is -0.226. The maximum Gasteiger partial charge on any atom is 0.0730 e. The summed E-state index contributed by atoms with van der Waals surface area (Å²) in [5.41, 5.74) is 1.22. The van der Waals surface area contributed by atoms with Gasteiger partial charge in [0.25, 0.3) is 0 Å². The molecule has 3 nitrogen and oxygen atoms in total. The van der Waals surface area contributed by atoms with Crippen molar-refractivity contribution in [2.24, 2.45) is 0 Å². The number of aliphatic hydroxyl groups excluding tert-OH is 2. The topological polar surface area (TPSA) is 52.5 Å². The van der Waals surface area contributed by atoms with E-state index in [1.807, 2.05) is 6.92 Å². The third-order valence-electron chi connectivity index (χ3n) is 1.91. The van der Waals surface area contributed by atoms with E-state index in [1.54, 1.807) is 11.3 Å². The molecular weight excluding hydrogens is 266 g/mol. The third-order valence-corrected chi connectivity index (χ3v) is 4.05. The van der Waals surface area contributed by atoms with E-state index in [0.29, 0.717) is 6.54 Å². The fourth-order valence-corrected chi connectivity index (χ4v) is 2.62. The first kappa shape index (κ1) is 12.1. The van der Waals surface area contributed by atoms with Crippen LogP contribution >= 0.6 is 27.3 Å². The summed E-state index contributed by atoms with van der Waals surface area (Å²) in [5.74, 6) is 0. The van der Waals surface area contributed by atoms with Crippen molar-refractivity contribution in [3.05, 3.63) is 20.3 Å². The second kappa shape index (κ2) is 5.82. The van der Waals surface area contributed by atoms with Crippen LogP contribution < -0.4 is 5.32 Å². The highest BCUT2D eigenvalue weighted by Gasteiger charge is 2.07. The minimum Gasteiger partial charge on any atom is -0.395 e. The number of thiophene rings is 1. The van der Waals surface area contributed by atoms with Gasteiger partial charge in [-0.1, -0.05) is 0 Å².